The minimum Gasteiger partial charge on any atom is -0.318 e. The van der Waals surface area contributed by atoms with Gasteiger partial charge in [0.05, 0.1) is 6.21 Å². The Hall–Kier alpha value is -2.47. The number of hydrogen-bond acceptors (Lipinski definition) is 3. The second-order valence-corrected chi connectivity index (χ2v) is 6.00. The summed E-state index contributed by atoms with van der Waals surface area (Å²) in [5, 5.41) is 6.32. The van der Waals surface area contributed by atoms with Gasteiger partial charge in [0.25, 0.3) is 0 Å². The van der Waals surface area contributed by atoms with Crippen LogP contribution in [0.15, 0.2) is 52.0 Å². The Balaban J connectivity index is 1.93. The highest BCUT2D eigenvalue weighted by molar-refractivity contribution is 9.10. The van der Waals surface area contributed by atoms with Crippen LogP contribution in [0.4, 0.5) is 5.69 Å². The highest BCUT2D eigenvalue weighted by Gasteiger charge is 2.13. The first-order valence-electron chi connectivity index (χ1n) is 6.92. The number of aryl methyl sites for hydroxylation is 2. The number of hydrazone groups is 1. The van der Waals surface area contributed by atoms with Gasteiger partial charge in [-0.2, -0.15) is 5.10 Å². The fourth-order valence-electron chi connectivity index (χ4n) is 2.04. The molecule has 0 atom stereocenters. The average molecular weight is 374 g/mol. The molecule has 5 nitrogen and oxygen atoms in total. The van der Waals surface area contributed by atoms with Crippen molar-refractivity contribution in [3.05, 3.63) is 63.6 Å². The summed E-state index contributed by atoms with van der Waals surface area (Å²) >= 11 is 3.34. The zero-order valence-electron chi connectivity index (χ0n) is 12.8. The van der Waals surface area contributed by atoms with Gasteiger partial charge in [0.2, 0.25) is 0 Å². The van der Waals surface area contributed by atoms with Crippen LogP contribution in [0.25, 0.3) is 0 Å². The van der Waals surface area contributed by atoms with E-state index in [4.69, 9.17) is 0 Å². The molecule has 0 spiro atoms. The van der Waals surface area contributed by atoms with E-state index in [1.54, 1.807) is 12.1 Å². The summed E-state index contributed by atoms with van der Waals surface area (Å²) in [7, 11) is 0. The van der Waals surface area contributed by atoms with Gasteiger partial charge in [0.15, 0.2) is 0 Å². The Morgan fingerprint density at radius 3 is 2.39 bits per heavy atom. The number of carbonyl (C=O) groups excluding carboxylic acids is 2. The molecule has 0 saturated heterocycles. The van der Waals surface area contributed by atoms with E-state index in [0.717, 1.165) is 21.2 Å². The lowest BCUT2D eigenvalue weighted by Gasteiger charge is -2.06. The Morgan fingerprint density at radius 1 is 1.04 bits per heavy atom. The number of nitrogens with zero attached hydrogens (tertiary/aromatic N) is 1. The third-order valence-electron chi connectivity index (χ3n) is 2.91. The number of benzene rings is 2. The molecule has 0 heterocycles. The predicted molar refractivity (Wildman–Crippen MR) is 94.4 cm³/mol. The van der Waals surface area contributed by atoms with Crippen LogP contribution in [-0.4, -0.2) is 18.0 Å². The standard InChI is InChI=1S/C17H16BrN3O2/c1-11-6-12(2)8-15(7-11)20-16(22)17(23)21-19-10-13-4-3-5-14(18)9-13/h3-10H,1-2H3,(H,20,22)(H,21,23)/b19-10-. The second-order valence-electron chi connectivity index (χ2n) is 5.08. The van der Waals surface area contributed by atoms with Crippen molar-refractivity contribution in [2.24, 2.45) is 5.10 Å². The molecule has 0 bridgehead atoms. The third kappa shape index (κ3) is 5.34. The number of nitrogens with one attached hydrogen (secondary N) is 2. The van der Waals surface area contributed by atoms with E-state index in [1.807, 2.05) is 44.2 Å². The molecule has 2 aromatic rings. The molecule has 2 aromatic carbocycles. The zero-order chi connectivity index (χ0) is 16.8. The summed E-state index contributed by atoms with van der Waals surface area (Å²) in [6.07, 6.45) is 1.47. The number of hydrogen-bond donors (Lipinski definition) is 2. The van der Waals surface area contributed by atoms with Crippen molar-refractivity contribution >= 4 is 39.6 Å². The summed E-state index contributed by atoms with van der Waals surface area (Å²) in [5.74, 6) is -1.59. The second kappa shape index (κ2) is 7.69. The molecule has 0 unspecified atom stereocenters. The van der Waals surface area contributed by atoms with E-state index in [2.05, 4.69) is 31.8 Å². The van der Waals surface area contributed by atoms with Gasteiger partial charge in [0, 0.05) is 10.2 Å². The summed E-state index contributed by atoms with van der Waals surface area (Å²) in [4.78, 5) is 23.6. The van der Waals surface area contributed by atoms with Crippen LogP contribution in [0.5, 0.6) is 0 Å². The maximum Gasteiger partial charge on any atom is 0.329 e. The fraction of sp³-hybridized carbons (Fsp3) is 0.118. The Bertz CT molecular complexity index is 752. The molecule has 6 heteroatoms. The Kier molecular flexibility index (Phi) is 5.65. The number of amides is 2. The predicted octanol–water partition coefficient (Wildman–Crippen LogP) is 3.15. The average Bonchev–Trinajstić information content (AvgIpc) is 2.46. The van der Waals surface area contributed by atoms with E-state index >= 15 is 0 Å². The largest absolute Gasteiger partial charge is 0.329 e. The number of anilines is 1. The van der Waals surface area contributed by atoms with Crippen LogP contribution in [0.1, 0.15) is 16.7 Å². The van der Waals surface area contributed by atoms with E-state index < -0.39 is 11.8 Å². The van der Waals surface area contributed by atoms with Crippen molar-refractivity contribution in [2.75, 3.05) is 5.32 Å². The van der Waals surface area contributed by atoms with E-state index in [1.165, 1.54) is 6.21 Å². The van der Waals surface area contributed by atoms with Crippen LogP contribution >= 0.6 is 15.9 Å². The smallest absolute Gasteiger partial charge is 0.318 e. The Morgan fingerprint density at radius 2 is 1.74 bits per heavy atom. The lowest BCUT2D eigenvalue weighted by Crippen LogP contribution is -2.32. The van der Waals surface area contributed by atoms with Crippen molar-refractivity contribution in [3.63, 3.8) is 0 Å². The van der Waals surface area contributed by atoms with Crippen molar-refractivity contribution < 1.29 is 9.59 Å². The molecule has 0 aliphatic carbocycles. The Labute approximate surface area is 142 Å². The minimum absolute atomic E-state index is 0.582. The maximum atomic E-state index is 11.8. The van der Waals surface area contributed by atoms with Gasteiger partial charge in [-0.25, -0.2) is 5.43 Å². The molecule has 23 heavy (non-hydrogen) atoms. The highest BCUT2D eigenvalue weighted by atomic mass is 79.9. The zero-order valence-corrected chi connectivity index (χ0v) is 14.3. The van der Waals surface area contributed by atoms with Gasteiger partial charge in [-0.15, -0.1) is 0 Å². The summed E-state index contributed by atoms with van der Waals surface area (Å²) in [5.41, 5.74) is 5.60. The van der Waals surface area contributed by atoms with Crippen LogP contribution < -0.4 is 10.7 Å². The molecular formula is C17H16BrN3O2. The highest BCUT2D eigenvalue weighted by Crippen LogP contribution is 2.13. The summed E-state index contributed by atoms with van der Waals surface area (Å²) in [6.45, 7) is 3.84. The molecule has 2 rings (SSSR count). The molecule has 2 amide bonds. The lowest BCUT2D eigenvalue weighted by atomic mass is 10.1. The van der Waals surface area contributed by atoms with E-state index in [0.29, 0.717) is 5.69 Å². The first-order valence-corrected chi connectivity index (χ1v) is 7.71. The first-order chi connectivity index (χ1) is 10.9. The minimum atomic E-state index is -0.824. The quantitative estimate of drug-likeness (QED) is 0.492. The van der Waals surface area contributed by atoms with Crippen molar-refractivity contribution in [1.29, 1.82) is 0 Å². The monoisotopic (exact) mass is 373 g/mol. The van der Waals surface area contributed by atoms with Gasteiger partial charge in [-0.05, 0) is 54.8 Å². The van der Waals surface area contributed by atoms with Gasteiger partial charge in [-0.3, -0.25) is 9.59 Å². The van der Waals surface area contributed by atoms with Crippen molar-refractivity contribution in [2.45, 2.75) is 13.8 Å². The normalized spacial score (nSPS) is 10.6. The molecule has 0 aliphatic heterocycles. The lowest BCUT2D eigenvalue weighted by molar-refractivity contribution is -0.136. The molecule has 118 valence electrons. The van der Waals surface area contributed by atoms with Gasteiger partial charge in [0.1, 0.15) is 0 Å². The molecule has 0 radical (unpaired) electrons. The SMILES string of the molecule is Cc1cc(C)cc(NC(=O)C(=O)N/N=C\c2cccc(Br)c2)c1. The molecule has 2 N–H and O–H groups in total. The summed E-state index contributed by atoms with van der Waals surface area (Å²) in [6, 6.07) is 13.0. The first kappa shape index (κ1) is 16.9. The molecule has 0 aliphatic rings. The molecule has 0 saturated carbocycles. The van der Waals surface area contributed by atoms with Crippen LogP contribution in [0.3, 0.4) is 0 Å². The van der Waals surface area contributed by atoms with Gasteiger partial charge in [-0.1, -0.05) is 34.1 Å². The topological polar surface area (TPSA) is 70.6 Å². The molecular weight excluding hydrogens is 358 g/mol. The number of carbonyl (C=O) groups is 2. The number of halogens is 1. The van der Waals surface area contributed by atoms with Gasteiger partial charge < -0.3 is 5.32 Å². The van der Waals surface area contributed by atoms with Crippen LogP contribution in [0, 0.1) is 13.8 Å². The van der Waals surface area contributed by atoms with Crippen LogP contribution in [0.2, 0.25) is 0 Å². The van der Waals surface area contributed by atoms with E-state index in [-0.39, 0.29) is 0 Å². The maximum absolute atomic E-state index is 11.8. The summed E-state index contributed by atoms with van der Waals surface area (Å²) < 4.78 is 0.903. The van der Waals surface area contributed by atoms with Crippen molar-refractivity contribution in [3.8, 4) is 0 Å². The van der Waals surface area contributed by atoms with Crippen LogP contribution in [-0.2, 0) is 9.59 Å². The molecule has 0 fully saturated rings. The fourth-order valence-corrected chi connectivity index (χ4v) is 2.45. The number of rotatable bonds is 3. The van der Waals surface area contributed by atoms with E-state index in [9.17, 15) is 9.59 Å². The third-order valence-corrected chi connectivity index (χ3v) is 3.41. The van der Waals surface area contributed by atoms with Gasteiger partial charge >= 0.3 is 11.8 Å². The van der Waals surface area contributed by atoms with Crippen molar-refractivity contribution in [1.82, 2.24) is 5.43 Å². The molecule has 0 aromatic heterocycles.